The van der Waals surface area contributed by atoms with E-state index in [1.165, 1.54) is 10.7 Å². The highest BCUT2D eigenvalue weighted by molar-refractivity contribution is 5.75. The zero-order chi connectivity index (χ0) is 14.5. The smallest absolute Gasteiger partial charge is 0.325 e. The second-order valence-corrected chi connectivity index (χ2v) is 4.29. The number of anilines is 1. The lowest BCUT2D eigenvalue weighted by Gasteiger charge is -2.08. The summed E-state index contributed by atoms with van der Waals surface area (Å²) >= 11 is 0. The Kier molecular flexibility index (Phi) is 4.34. The Morgan fingerprint density at radius 2 is 2.30 bits per heavy atom. The van der Waals surface area contributed by atoms with E-state index in [1.807, 2.05) is 6.92 Å². The van der Waals surface area contributed by atoms with E-state index in [0.29, 0.717) is 18.0 Å². The van der Waals surface area contributed by atoms with Crippen LogP contribution in [0.5, 0.6) is 0 Å². The largest absolute Gasteiger partial charge is 0.465 e. The third-order valence-electron chi connectivity index (χ3n) is 2.65. The van der Waals surface area contributed by atoms with Gasteiger partial charge in [-0.1, -0.05) is 0 Å². The monoisotopic (exact) mass is 277 g/mol. The first-order valence-corrected chi connectivity index (χ1v) is 6.31. The maximum absolute atomic E-state index is 14.0. The molecule has 106 valence electrons. The van der Waals surface area contributed by atoms with Crippen molar-refractivity contribution in [2.45, 2.75) is 13.8 Å². The molecule has 0 bridgehead atoms. The summed E-state index contributed by atoms with van der Waals surface area (Å²) in [6.45, 7) is 3.95. The highest BCUT2D eigenvalue weighted by Crippen LogP contribution is 2.18. The van der Waals surface area contributed by atoms with E-state index in [4.69, 9.17) is 4.74 Å². The molecule has 2 aromatic rings. The van der Waals surface area contributed by atoms with Gasteiger partial charge >= 0.3 is 5.97 Å². The van der Waals surface area contributed by atoms with Gasteiger partial charge in [0.2, 0.25) is 0 Å². The minimum atomic E-state index is -0.415. The number of aryl methyl sites for hydroxylation is 1. The van der Waals surface area contributed by atoms with E-state index >= 15 is 0 Å². The molecule has 0 amide bonds. The van der Waals surface area contributed by atoms with Gasteiger partial charge in [0, 0.05) is 11.9 Å². The first-order valence-electron chi connectivity index (χ1n) is 6.31. The van der Waals surface area contributed by atoms with Crippen LogP contribution in [0.4, 0.5) is 10.1 Å². The quantitative estimate of drug-likeness (QED) is 0.852. The van der Waals surface area contributed by atoms with Crippen LogP contribution in [-0.2, 0) is 9.53 Å². The number of hydrogen-bond acceptors (Lipinski definition) is 4. The summed E-state index contributed by atoms with van der Waals surface area (Å²) in [5.41, 5.74) is 1.83. The summed E-state index contributed by atoms with van der Waals surface area (Å²) in [4.78, 5) is 11.2. The Bertz CT molecular complexity index is 610. The highest BCUT2D eigenvalue weighted by Gasteiger charge is 2.08. The number of nitrogens with zero attached hydrogens (tertiary/aromatic N) is 2. The molecule has 0 aliphatic carbocycles. The van der Waals surface area contributed by atoms with Crippen LogP contribution >= 0.6 is 0 Å². The van der Waals surface area contributed by atoms with Crippen molar-refractivity contribution in [3.05, 3.63) is 42.0 Å². The van der Waals surface area contributed by atoms with E-state index in [1.54, 1.807) is 31.5 Å². The van der Waals surface area contributed by atoms with Crippen LogP contribution in [0.3, 0.4) is 0 Å². The van der Waals surface area contributed by atoms with Gasteiger partial charge in [-0.25, -0.2) is 9.07 Å². The molecule has 20 heavy (non-hydrogen) atoms. The Labute approximate surface area is 116 Å². The van der Waals surface area contributed by atoms with Gasteiger partial charge in [0.1, 0.15) is 12.2 Å². The van der Waals surface area contributed by atoms with Gasteiger partial charge in [-0.05, 0) is 37.6 Å². The number of esters is 1. The van der Waals surface area contributed by atoms with E-state index in [0.717, 1.165) is 5.56 Å². The van der Waals surface area contributed by atoms with Gasteiger partial charge in [-0.15, -0.1) is 0 Å². The zero-order valence-electron chi connectivity index (χ0n) is 11.4. The molecule has 0 aliphatic rings. The fourth-order valence-corrected chi connectivity index (χ4v) is 1.73. The third kappa shape index (κ3) is 3.34. The number of hydrogen-bond donors (Lipinski definition) is 1. The number of halogens is 1. The standard InChI is InChI=1S/C14H16FN3O2/c1-3-20-14(19)8-16-11-4-5-13(12(15)6-11)18-9-10(2)7-17-18/h4-7,9,16H,3,8H2,1-2H3. The fraction of sp³-hybridized carbons (Fsp3) is 0.286. The molecular formula is C14H16FN3O2. The molecule has 0 radical (unpaired) electrons. The topological polar surface area (TPSA) is 56.1 Å². The van der Waals surface area contributed by atoms with Crippen molar-refractivity contribution in [1.29, 1.82) is 0 Å². The Morgan fingerprint density at radius 3 is 2.90 bits per heavy atom. The first-order chi connectivity index (χ1) is 9.60. The summed E-state index contributed by atoms with van der Waals surface area (Å²) < 4.78 is 20.3. The van der Waals surface area contributed by atoms with Gasteiger partial charge in [0.25, 0.3) is 0 Å². The van der Waals surface area contributed by atoms with Gasteiger partial charge in [-0.3, -0.25) is 4.79 Å². The summed E-state index contributed by atoms with van der Waals surface area (Å²) in [5, 5.41) is 6.87. The molecule has 0 saturated carbocycles. The Balaban J connectivity index is 2.08. The van der Waals surface area contributed by atoms with Crippen LogP contribution in [0.15, 0.2) is 30.6 Å². The van der Waals surface area contributed by atoms with Gasteiger partial charge in [0.05, 0.1) is 12.8 Å². The number of nitrogens with one attached hydrogen (secondary N) is 1. The van der Waals surface area contributed by atoms with E-state index < -0.39 is 5.82 Å². The Morgan fingerprint density at radius 1 is 1.50 bits per heavy atom. The van der Waals surface area contributed by atoms with Crippen LogP contribution in [-0.4, -0.2) is 28.9 Å². The molecule has 2 rings (SSSR count). The summed E-state index contributed by atoms with van der Waals surface area (Å²) in [5.74, 6) is -0.790. The maximum Gasteiger partial charge on any atom is 0.325 e. The predicted octanol–water partition coefficient (Wildman–Crippen LogP) is 2.29. The molecule has 1 heterocycles. The first kappa shape index (κ1) is 14.0. The van der Waals surface area contributed by atoms with Crippen molar-refractivity contribution >= 4 is 11.7 Å². The molecule has 0 saturated heterocycles. The predicted molar refractivity (Wildman–Crippen MR) is 73.4 cm³/mol. The minimum absolute atomic E-state index is 0.00745. The number of carbonyl (C=O) groups excluding carboxylic acids is 1. The van der Waals surface area contributed by atoms with Crippen LogP contribution in [0.2, 0.25) is 0 Å². The highest BCUT2D eigenvalue weighted by atomic mass is 19.1. The zero-order valence-corrected chi connectivity index (χ0v) is 11.4. The van der Waals surface area contributed by atoms with E-state index in [-0.39, 0.29) is 12.5 Å². The van der Waals surface area contributed by atoms with Crippen molar-refractivity contribution in [2.75, 3.05) is 18.5 Å². The second-order valence-electron chi connectivity index (χ2n) is 4.29. The molecule has 5 nitrogen and oxygen atoms in total. The summed E-state index contributed by atoms with van der Waals surface area (Å²) in [6, 6.07) is 4.62. The molecule has 1 aromatic heterocycles. The average molecular weight is 277 g/mol. The second kappa shape index (κ2) is 6.18. The molecule has 1 aromatic carbocycles. The van der Waals surface area contributed by atoms with E-state index in [2.05, 4.69) is 10.4 Å². The van der Waals surface area contributed by atoms with Crippen LogP contribution < -0.4 is 5.32 Å². The minimum Gasteiger partial charge on any atom is -0.465 e. The lowest BCUT2D eigenvalue weighted by molar-refractivity contribution is -0.140. The van der Waals surface area contributed by atoms with Crippen molar-refractivity contribution < 1.29 is 13.9 Å². The molecule has 0 fully saturated rings. The lowest BCUT2D eigenvalue weighted by atomic mass is 10.2. The fourth-order valence-electron chi connectivity index (χ4n) is 1.73. The number of benzene rings is 1. The van der Waals surface area contributed by atoms with Crippen molar-refractivity contribution in [1.82, 2.24) is 9.78 Å². The molecule has 0 aliphatic heterocycles. The number of rotatable bonds is 5. The van der Waals surface area contributed by atoms with E-state index in [9.17, 15) is 9.18 Å². The van der Waals surface area contributed by atoms with Crippen LogP contribution in [0.25, 0.3) is 5.69 Å². The Hall–Kier alpha value is -2.37. The average Bonchev–Trinajstić information content (AvgIpc) is 2.83. The molecular weight excluding hydrogens is 261 g/mol. The van der Waals surface area contributed by atoms with Gasteiger partial charge in [0.15, 0.2) is 5.82 Å². The van der Waals surface area contributed by atoms with Crippen LogP contribution in [0.1, 0.15) is 12.5 Å². The van der Waals surface area contributed by atoms with Crippen molar-refractivity contribution in [3.8, 4) is 5.69 Å². The maximum atomic E-state index is 14.0. The van der Waals surface area contributed by atoms with Gasteiger partial charge < -0.3 is 10.1 Å². The summed E-state index contributed by atoms with van der Waals surface area (Å²) in [7, 11) is 0. The van der Waals surface area contributed by atoms with Crippen molar-refractivity contribution in [2.24, 2.45) is 0 Å². The molecule has 0 unspecified atom stereocenters. The number of ether oxygens (including phenoxy) is 1. The number of carbonyl (C=O) groups is 1. The SMILES string of the molecule is CCOC(=O)CNc1ccc(-n2cc(C)cn2)c(F)c1. The molecule has 0 atom stereocenters. The molecule has 1 N–H and O–H groups in total. The lowest BCUT2D eigenvalue weighted by Crippen LogP contribution is -2.16. The molecule has 6 heteroatoms. The van der Waals surface area contributed by atoms with Crippen molar-refractivity contribution in [3.63, 3.8) is 0 Å². The molecule has 0 spiro atoms. The van der Waals surface area contributed by atoms with Crippen LogP contribution in [0, 0.1) is 12.7 Å². The number of aromatic nitrogens is 2. The third-order valence-corrected chi connectivity index (χ3v) is 2.65. The normalized spacial score (nSPS) is 10.3. The van der Waals surface area contributed by atoms with Gasteiger partial charge in [-0.2, -0.15) is 5.10 Å². The summed E-state index contributed by atoms with van der Waals surface area (Å²) in [6.07, 6.45) is 3.40.